The first kappa shape index (κ1) is 17.0. The maximum absolute atomic E-state index is 12.6. The summed E-state index contributed by atoms with van der Waals surface area (Å²) < 4.78 is 5.27. The zero-order valence-electron chi connectivity index (χ0n) is 14.0. The van der Waals surface area contributed by atoms with Crippen molar-refractivity contribution in [2.45, 2.75) is 18.8 Å². The zero-order chi connectivity index (χ0) is 17.8. The van der Waals surface area contributed by atoms with Crippen LogP contribution in [0.4, 0.5) is 0 Å². The van der Waals surface area contributed by atoms with Gasteiger partial charge in [0, 0.05) is 19.3 Å². The van der Waals surface area contributed by atoms with E-state index in [9.17, 15) is 9.59 Å². The van der Waals surface area contributed by atoms with E-state index in [4.69, 9.17) is 9.84 Å². The standard InChI is InChI=1S/C19H20N2O4/c1-25-16-4-2-3-14(11-16)13-6-9-21(10-7-13)18(22)17-12-15(19(23)24)5-8-20-17/h2-5,8,11-13H,6-7,9-10H2,1H3,(H,23,24). The minimum absolute atomic E-state index is 0.0737. The number of methoxy groups -OCH3 is 1. The number of carbonyl (C=O) groups is 2. The van der Waals surface area contributed by atoms with Crippen LogP contribution < -0.4 is 4.74 Å². The summed E-state index contributed by atoms with van der Waals surface area (Å²) in [5.41, 5.74) is 1.47. The summed E-state index contributed by atoms with van der Waals surface area (Å²) in [6, 6.07) is 10.7. The summed E-state index contributed by atoms with van der Waals surface area (Å²) >= 11 is 0. The maximum atomic E-state index is 12.6. The molecule has 2 heterocycles. The van der Waals surface area contributed by atoms with Crippen molar-refractivity contribution in [3.05, 3.63) is 59.4 Å². The summed E-state index contributed by atoms with van der Waals surface area (Å²) in [6.07, 6.45) is 3.08. The van der Waals surface area contributed by atoms with Crippen LogP contribution in [0.1, 0.15) is 45.2 Å². The second-order valence-electron chi connectivity index (χ2n) is 6.08. The third kappa shape index (κ3) is 3.79. The molecule has 1 saturated heterocycles. The molecule has 25 heavy (non-hydrogen) atoms. The van der Waals surface area contributed by atoms with Crippen molar-refractivity contribution >= 4 is 11.9 Å². The molecule has 1 aliphatic rings. The Labute approximate surface area is 146 Å². The predicted octanol–water partition coefficient (Wildman–Crippen LogP) is 2.81. The third-order valence-electron chi connectivity index (χ3n) is 4.57. The van der Waals surface area contributed by atoms with E-state index in [1.807, 2.05) is 18.2 Å². The molecule has 3 rings (SSSR count). The Balaban J connectivity index is 1.66. The number of carboxylic acids is 1. The normalized spacial score (nSPS) is 15.0. The van der Waals surface area contributed by atoms with Crippen molar-refractivity contribution in [1.29, 1.82) is 0 Å². The molecule has 0 spiro atoms. The van der Waals surface area contributed by atoms with Gasteiger partial charge in [-0.15, -0.1) is 0 Å². The van der Waals surface area contributed by atoms with Gasteiger partial charge in [0.2, 0.25) is 0 Å². The lowest BCUT2D eigenvalue weighted by Crippen LogP contribution is -2.38. The van der Waals surface area contributed by atoms with Gasteiger partial charge in [0.05, 0.1) is 12.7 Å². The Morgan fingerprint density at radius 2 is 1.96 bits per heavy atom. The van der Waals surface area contributed by atoms with Crippen molar-refractivity contribution in [3.63, 3.8) is 0 Å². The van der Waals surface area contributed by atoms with Crippen molar-refractivity contribution in [3.8, 4) is 5.75 Å². The van der Waals surface area contributed by atoms with Crippen LogP contribution in [0.5, 0.6) is 5.75 Å². The number of ether oxygens (including phenoxy) is 1. The molecule has 1 amide bonds. The van der Waals surface area contributed by atoms with E-state index in [1.54, 1.807) is 12.0 Å². The van der Waals surface area contributed by atoms with Gasteiger partial charge in [-0.05, 0) is 48.6 Å². The summed E-state index contributed by atoms with van der Waals surface area (Å²) in [4.78, 5) is 29.4. The van der Waals surface area contributed by atoms with Crippen LogP contribution in [0.25, 0.3) is 0 Å². The monoisotopic (exact) mass is 340 g/mol. The van der Waals surface area contributed by atoms with Gasteiger partial charge < -0.3 is 14.7 Å². The number of nitrogens with zero attached hydrogens (tertiary/aromatic N) is 2. The average molecular weight is 340 g/mol. The Morgan fingerprint density at radius 3 is 2.64 bits per heavy atom. The van der Waals surface area contributed by atoms with Crippen LogP contribution in [0.2, 0.25) is 0 Å². The number of carboxylic acid groups (broad SMARTS) is 1. The molecular formula is C19H20N2O4. The lowest BCUT2D eigenvalue weighted by atomic mass is 9.89. The largest absolute Gasteiger partial charge is 0.497 e. The molecule has 2 aromatic rings. The first-order chi connectivity index (χ1) is 12.1. The zero-order valence-corrected chi connectivity index (χ0v) is 14.0. The molecule has 0 saturated carbocycles. The summed E-state index contributed by atoms with van der Waals surface area (Å²) in [6.45, 7) is 1.25. The van der Waals surface area contributed by atoms with Gasteiger partial charge in [-0.1, -0.05) is 12.1 Å². The van der Waals surface area contributed by atoms with E-state index in [1.165, 1.54) is 23.9 Å². The number of aromatic nitrogens is 1. The number of piperidine rings is 1. The topological polar surface area (TPSA) is 79.7 Å². The van der Waals surface area contributed by atoms with Crippen molar-refractivity contribution in [2.24, 2.45) is 0 Å². The third-order valence-corrected chi connectivity index (χ3v) is 4.57. The molecule has 0 aliphatic carbocycles. The van der Waals surface area contributed by atoms with Crippen LogP contribution in [0, 0.1) is 0 Å². The van der Waals surface area contributed by atoms with Gasteiger partial charge in [-0.25, -0.2) is 4.79 Å². The molecule has 0 bridgehead atoms. The highest BCUT2D eigenvalue weighted by molar-refractivity contribution is 5.95. The fourth-order valence-corrected chi connectivity index (χ4v) is 3.15. The number of amides is 1. The van der Waals surface area contributed by atoms with E-state index >= 15 is 0 Å². The highest BCUT2D eigenvalue weighted by Crippen LogP contribution is 2.30. The van der Waals surface area contributed by atoms with Gasteiger partial charge >= 0.3 is 5.97 Å². The highest BCUT2D eigenvalue weighted by atomic mass is 16.5. The fourth-order valence-electron chi connectivity index (χ4n) is 3.15. The van der Waals surface area contributed by atoms with Gasteiger partial charge in [0.25, 0.3) is 5.91 Å². The Hall–Kier alpha value is -2.89. The lowest BCUT2D eigenvalue weighted by molar-refractivity contribution is 0.0696. The molecule has 0 radical (unpaired) electrons. The second kappa shape index (κ2) is 7.34. The van der Waals surface area contributed by atoms with E-state index in [2.05, 4.69) is 11.1 Å². The molecule has 130 valence electrons. The van der Waals surface area contributed by atoms with Crippen molar-refractivity contribution in [2.75, 3.05) is 20.2 Å². The molecule has 1 aromatic carbocycles. The number of likely N-dealkylation sites (tertiary alicyclic amines) is 1. The van der Waals surface area contributed by atoms with E-state index in [0.29, 0.717) is 19.0 Å². The van der Waals surface area contributed by atoms with Crippen LogP contribution in [0.15, 0.2) is 42.6 Å². The van der Waals surface area contributed by atoms with Gasteiger partial charge in [-0.2, -0.15) is 0 Å². The summed E-state index contributed by atoms with van der Waals surface area (Å²) in [5.74, 6) is -0.0523. The molecule has 1 aliphatic heterocycles. The number of hydrogen-bond donors (Lipinski definition) is 1. The minimum Gasteiger partial charge on any atom is -0.497 e. The molecular weight excluding hydrogens is 320 g/mol. The molecule has 1 N–H and O–H groups in total. The molecule has 1 aromatic heterocycles. The van der Waals surface area contributed by atoms with Gasteiger partial charge in [0.1, 0.15) is 11.4 Å². The molecule has 0 unspecified atom stereocenters. The van der Waals surface area contributed by atoms with Crippen LogP contribution >= 0.6 is 0 Å². The average Bonchev–Trinajstić information content (AvgIpc) is 2.67. The number of pyridine rings is 1. The smallest absolute Gasteiger partial charge is 0.335 e. The SMILES string of the molecule is COc1cccc(C2CCN(C(=O)c3cc(C(=O)O)ccn3)CC2)c1. The molecule has 6 heteroatoms. The van der Waals surface area contributed by atoms with Crippen molar-refractivity contribution < 1.29 is 19.4 Å². The maximum Gasteiger partial charge on any atom is 0.335 e. The van der Waals surface area contributed by atoms with E-state index in [-0.39, 0.29) is 17.2 Å². The predicted molar refractivity (Wildman–Crippen MR) is 92.1 cm³/mol. The number of aromatic carboxylic acids is 1. The first-order valence-electron chi connectivity index (χ1n) is 8.21. The Kier molecular flexibility index (Phi) is 4.97. The van der Waals surface area contributed by atoms with E-state index in [0.717, 1.165) is 18.6 Å². The Bertz CT molecular complexity index is 782. The second-order valence-corrected chi connectivity index (χ2v) is 6.08. The molecule has 1 fully saturated rings. The van der Waals surface area contributed by atoms with Crippen LogP contribution in [-0.4, -0.2) is 47.1 Å². The number of benzene rings is 1. The fraction of sp³-hybridized carbons (Fsp3) is 0.316. The quantitative estimate of drug-likeness (QED) is 0.926. The van der Waals surface area contributed by atoms with Crippen LogP contribution in [0.3, 0.4) is 0 Å². The highest BCUT2D eigenvalue weighted by Gasteiger charge is 2.25. The molecule has 6 nitrogen and oxygen atoms in total. The van der Waals surface area contributed by atoms with Crippen LogP contribution in [-0.2, 0) is 0 Å². The first-order valence-corrected chi connectivity index (χ1v) is 8.21. The minimum atomic E-state index is -1.06. The summed E-state index contributed by atoms with van der Waals surface area (Å²) in [7, 11) is 1.65. The van der Waals surface area contributed by atoms with Crippen molar-refractivity contribution in [1.82, 2.24) is 9.88 Å². The Morgan fingerprint density at radius 1 is 1.20 bits per heavy atom. The number of hydrogen-bond acceptors (Lipinski definition) is 4. The number of rotatable bonds is 4. The van der Waals surface area contributed by atoms with E-state index < -0.39 is 5.97 Å². The van der Waals surface area contributed by atoms with Gasteiger partial charge in [0.15, 0.2) is 0 Å². The number of carbonyl (C=O) groups excluding carboxylic acids is 1. The van der Waals surface area contributed by atoms with Gasteiger partial charge in [-0.3, -0.25) is 9.78 Å². The lowest BCUT2D eigenvalue weighted by Gasteiger charge is -2.32. The molecule has 0 atom stereocenters. The summed E-state index contributed by atoms with van der Waals surface area (Å²) in [5, 5.41) is 9.04.